The molecule has 0 aromatic rings. The van der Waals surface area contributed by atoms with Crippen molar-refractivity contribution in [2.75, 3.05) is 46.1 Å². The Balaban J connectivity index is 4.30. The third-order valence-corrected chi connectivity index (χ3v) is 2.04. The molecule has 0 atom stereocenters. The molecule has 7 heteroatoms. The number of nitrogens with one attached hydrogen (secondary N) is 1. The summed E-state index contributed by atoms with van der Waals surface area (Å²) < 4.78 is 0. The van der Waals surface area contributed by atoms with E-state index < -0.39 is 25.4 Å². The molecule has 0 aromatic carbocycles. The van der Waals surface area contributed by atoms with Gasteiger partial charge in [-0.05, 0) is 0 Å². The highest BCUT2D eigenvalue weighted by Crippen LogP contribution is 2.02. The highest BCUT2D eigenvalue weighted by atomic mass is 16.3. The Bertz CT molecular complexity index is 140. The zero-order valence-corrected chi connectivity index (χ0v) is 8.63. The fourth-order valence-electron chi connectivity index (χ4n) is 1.06. The third kappa shape index (κ3) is 4.85. The molecule has 0 rings (SSSR count). The summed E-state index contributed by atoms with van der Waals surface area (Å²) in [6, 6.07) is 0. The van der Waals surface area contributed by atoms with E-state index >= 15 is 0 Å². The molecule has 0 saturated heterocycles. The summed E-state index contributed by atoms with van der Waals surface area (Å²) in [5.74, 6) is 0. The van der Waals surface area contributed by atoms with Gasteiger partial charge in [0, 0.05) is 13.1 Å². The van der Waals surface area contributed by atoms with Crippen molar-refractivity contribution in [1.82, 2.24) is 10.4 Å². The summed E-state index contributed by atoms with van der Waals surface area (Å²) in [7, 11) is 0. The summed E-state index contributed by atoms with van der Waals surface area (Å²) in [4.78, 5) is 0. The zero-order chi connectivity index (χ0) is 11.7. The molecule has 0 bridgehead atoms. The number of aliphatic hydroxyl groups is 5. The molecule has 0 aromatic heterocycles. The number of aliphatic hydroxyl groups excluding tert-OH is 5. The van der Waals surface area contributed by atoms with E-state index in [1.165, 1.54) is 5.01 Å². The minimum Gasteiger partial charge on any atom is -0.395 e. The molecule has 15 heavy (non-hydrogen) atoms. The first-order valence-electron chi connectivity index (χ1n) is 4.75. The quantitative estimate of drug-likeness (QED) is 0.225. The largest absolute Gasteiger partial charge is 0.395 e. The van der Waals surface area contributed by atoms with Crippen LogP contribution in [0.3, 0.4) is 0 Å². The van der Waals surface area contributed by atoms with Crippen LogP contribution in [0.15, 0.2) is 0 Å². The van der Waals surface area contributed by atoms with Crippen LogP contribution in [0.25, 0.3) is 0 Å². The lowest BCUT2D eigenvalue weighted by Gasteiger charge is -2.35. The Labute approximate surface area is 88.5 Å². The van der Waals surface area contributed by atoms with Crippen molar-refractivity contribution >= 4 is 0 Å². The fourth-order valence-corrected chi connectivity index (χ4v) is 1.06. The van der Waals surface area contributed by atoms with Crippen LogP contribution in [0.5, 0.6) is 0 Å². The molecule has 0 amide bonds. The summed E-state index contributed by atoms with van der Waals surface area (Å²) in [6.45, 7) is -1.17. The van der Waals surface area contributed by atoms with E-state index in [2.05, 4.69) is 5.43 Å². The molecule has 0 radical (unpaired) electrons. The maximum atomic E-state index is 9.03. The molecule has 6 N–H and O–H groups in total. The van der Waals surface area contributed by atoms with E-state index in [4.69, 9.17) is 25.5 Å². The Morgan fingerprint density at radius 2 is 1.20 bits per heavy atom. The minimum absolute atomic E-state index is 0.134. The number of hydrogen-bond acceptors (Lipinski definition) is 7. The van der Waals surface area contributed by atoms with Crippen molar-refractivity contribution in [3.63, 3.8) is 0 Å². The van der Waals surface area contributed by atoms with E-state index in [1.54, 1.807) is 0 Å². The lowest BCUT2D eigenvalue weighted by Crippen LogP contribution is -2.62. The van der Waals surface area contributed by atoms with Crippen molar-refractivity contribution in [2.24, 2.45) is 0 Å². The lowest BCUT2D eigenvalue weighted by atomic mass is 10.1. The van der Waals surface area contributed by atoms with Gasteiger partial charge in [0.05, 0.1) is 33.0 Å². The van der Waals surface area contributed by atoms with Gasteiger partial charge in [0.1, 0.15) is 5.54 Å². The summed E-state index contributed by atoms with van der Waals surface area (Å²) in [5, 5.41) is 46.0. The second kappa shape index (κ2) is 7.94. The zero-order valence-electron chi connectivity index (χ0n) is 8.63. The predicted octanol–water partition coefficient (Wildman–Crippen LogP) is -3.51. The van der Waals surface area contributed by atoms with Crippen LogP contribution >= 0.6 is 0 Å². The van der Waals surface area contributed by atoms with Crippen molar-refractivity contribution in [3.05, 3.63) is 0 Å². The van der Waals surface area contributed by atoms with Gasteiger partial charge in [-0.25, -0.2) is 10.4 Å². The van der Waals surface area contributed by atoms with Gasteiger partial charge in [0.15, 0.2) is 0 Å². The van der Waals surface area contributed by atoms with Crippen LogP contribution < -0.4 is 5.43 Å². The first-order chi connectivity index (χ1) is 7.17. The van der Waals surface area contributed by atoms with E-state index in [-0.39, 0.29) is 26.3 Å². The van der Waals surface area contributed by atoms with Crippen molar-refractivity contribution in [3.8, 4) is 0 Å². The minimum atomic E-state index is -1.23. The highest BCUT2D eigenvalue weighted by Gasteiger charge is 2.29. The second-order valence-corrected chi connectivity index (χ2v) is 3.30. The standard InChI is InChI=1S/C8H20N2O5/c11-3-1-10(2-4-12)9-8(5-13,6-14)7-15/h9,11-15H,1-7H2. The van der Waals surface area contributed by atoms with Crippen molar-refractivity contribution in [2.45, 2.75) is 5.54 Å². The topological polar surface area (TPSA) is 116 Å². The number of rotatable bonds is 9. The monoisotopic (exact) mass is 224 g/mol. The molecule has 0 fully saturated rings. The average molecular weight is 224 g/mol. The van der Waals surface area contributed by atoms with Gasteiger partial charge < -0.3 is 25.5 Å². The van der Waals surface area contributed by atoms with Crippen LogP contribution in [0.2, 0.25) is 0 Å². The highest BCUT2D eigenvalue weighted by molar-refractivity contribution is 4.85. The van der Waals surface area contributed by atoms with Crippen LogP contribution in [0, 0.1) is 0 Å². The molecule has 0 aliphatic heterocycles. The molecule has 0 aliphatic carbocycles. The Morgan fingerprint density at radius 1 is 0.800 bits per heavy atom. The molecule has 0 heterocycles. The van der Waals surface area contributed by atoms with Gasteiger partial charge in [-0.1, -0.05) is 0 Å². The maximum Gasteiger partial charge on any atom is 0.101 e. The molecule has 0 aliphatic rings. The average Bonchev–Trinajstić information content (AvgIpc) is 2.27. The van der Waals surface area contributed by atoms with Crippen LogP contribution in [-0.2, 0) is 0 Å². The van der Waals surface area contributed by atoms with Crippen LogP contribution in [0.4, 0.5) is 0 Å². The van der Waals surface area contributed by atoms with Gasteiger partial charge in [0.2, 0.25) is 0 Å². The van der Waals surface area contributed by atoms with Crippen molar-refractivity contribution in [1.29, 1.82) is 0 Å². The number of hydrogen-bond donors (Lipinski definition) is 6. The van der Waals surface area contributed by atoms with Crippen molar-refractivity contribution < 1.29 is 25.5 Å². The second-order valence-electron chi connectivity index (χ2n) is 3.30. The Hall–Kier alpha value is -0.280. The first kappa shape index (κ1) is 14.7. The molecule has 0 spiro atoms. The summed E-state index contributed by atoms with van der Waals surface area (Å²) in [5.41, 5.74) is 1.45. The van der Waals surface area contributed by atoms with E-state index in [1.807, 2.05) is 0 Å². The maximum absolute atomic E-state index is 9.03. The van der Waals surface area contributed by atoms with Crippen LogP contribution in [0.1, 0.15) is 0 Å². The fraction of sp³-hybridized carbons (Fsp3) is 1.00. The van der Waals surface area contributed by atoms with Gasteiger partial charge in [-0.2, -0.15) is 0 Å². The van der Waals surface area contributed by atoms with E-state index in [0.717, 1.165) is 0 Å². The SMILES string of the molecule is OCCN(CCO)NC(CO)(CO)CO. The van der Waals surface area contributed by atoms with Gasteiger partial charge in [-0.15, -0.1) is 0 Å². The normalized spacial score (nSPS) is 12.4. The van der Waals surface area contributed by atoms with E-state index in [9.17, 15) is 0 Å². The number of nitrogens with zero attached hydrogens (tertiary/aromatic N) is 1. The van der Waals surface area contributed by atoms with E-state index in [0.29, 0.717) is 0 Å². The molecular formula is C8H20N2O5. The predicted molar refractivity (Wildman–Crippen MR) is 52.9 cm³/mol. The number of hydrazine groups is 1. The summed E-state index contributed by atoms with van der Waals surface area (Å²) in [6.07, 6.45) is 0. The molecule has 7 nitrogen and oxygen atoms in total. The molecular weight excluding hydrogens is 204 g/mol. The Morgan fingerprint density at radius 3 is 1.47 bits per heavy atom. The lowest BCUT2D eigenvalue weighted by molar-refractivity contribution is -0.0248. The van der Waals surface area contributed by atoms with Gasteiger partial charge in [-0.3, -0.25) is 0 Å². The van der Waals surface area contributed by atoms with Gasteiger partial charge >= 0.3 is 0 Å². The molecule has 0 unspecified atom stereocenters. The first-order valence-corrected chi connectivity index (χ1v) is 4.75. The Kier molecular flexibility index (Phi) is 7.79. The molecule has 92 valence electrons. The molecule has 0 saturated carbocycles. The van der Waals surface area contributed by atoms with Gasteiger partial charge in [0.25, 0.3) is 0 Å². The third-order valence-electron chi connectivity index (χ3n) is 2.04. The summed E-state index contributed by atoms with van der Waals surface area (Å²) >= 11 is 0. The van der Waals surface area contributed by atoms with Crippen LogP contribution in [-0.4, -0.2) is 82.2 Å². The smallest absolute Gasteiger partial charge is 0.101 e.